The number of ether oxygens (including phenoxy) is 3. The number of carboxylic acid groups (broad SMARTS) is 1. The number of carbonyl (C=O) groups is 5. The summed E-state index contributed by atoms with van der Waals surface area (Å²) in [6.45, 7) is 9.77. The summed E-state index contributed by atoms with van der Waals surface area (Å²) in [5.74, 6) is -0.531. The number of amides is 4. The first kappa shape index (κ1) is 66.7. The molecule has 4 amide bonds. The molecule has 7 N–H and O–H groups in total. The van der Waals surface area contributed by atoms with Gasteiger partial charge in [0.15, 0.2) is 22.7 Å². The number of phosphoric acid groups is 1. The minimum atomic E-state index is -4.64. The fourth-order valence-electron chi connectivity index (χ4n) is 11.8. The summed E-state index contributed by atoms with van der Waals surface area (Å²) in [5.41, 5.74) is 4.27. The highest BCUT2D eigenvalue weighted by molar-refractivity contribution is 7.45. The lowest BCUT2D eigenvalue weighted by molar-refractivity contribution is -0.148. The van der Waals surface area contributed by atoms with Gasteiger partial charge in [-0.15, -0.1) is 0 Å². The molecule has 2 saturated heterocycles. The van der Waals surface area contributed by atoms with Crippen LogP contribution in [0, 0.1) is 24.2 Å². The smallest absolute Gasteiger partial charge is 0.466 e. The number of urea groups is 1. The van der Waals surface area contributed by atoms with E-state index >= 15 is 0 Å². The quantitative estimate of drug-likeness (QED) is 0.0378. The maximum absolute atomic E-state index is 12.4. The number of likely N-dealkylation sites (N-methyl/N-ethyl adjacent to an activating group) is 1. The number of fused-ring (bicyclic) bond motifs is 1. The third-order valence-electron chi connectivity index (χ3n) is 16.3. The molecule has 3 aromatic heterocycles. The molecule has 464 valence electrons. The standard InChI is InChI=1S/C18H21NO3.C13H17N3O.C10H16N2O3.C9H8O4.C8H10N4O2.H3O4P/c1-19-8-7-18-11-4-5-13(20)17(18)22-16-14(21-2)6-3-10(15(16)18)9-12(11)19;1-10-12(14(2)3)13(17)16(15(10)4)11-8-6-5-7-9-11;1-4-6(3)10(5-2)7(13)11-9(15)12-8(10)14;1-6(10)13-8-5-3-2-4-7(8)9(11)12;1-10-4-9-6-5(10)7(13)12(3)8(14)11(6)2;1-5(2,3)4/h3-6,11-13,17,20H,7-9H2,1-2H3;5-9H,1-4H3;6H,4-5H2,1-3H3,(H2,11,12,13,14,15);2-5H,1H3,(H,11,12);4H,1-3H3;(H3,1,2,3,4)/t11-,12+,13-,17-,18-;;;;;/m0...../s1. The molecule has 1 unspecified atom stereocenters. The predicted octanol–water partition coefficient (Wildman–Crippen LogP) is 3.20. The number of aromatic nitrogens is 6. The average molecular weight is 1220 g/mol. The first-order chi connectivity index (χ1) is 40.3. The Labute approximate surface area is 494 Å². The van der Waals surface area contributed by atoms with Crippen LogP contribution in [0.4, 0.5) is 10.5 Å². The number of nitrogens with zero attached hydrogens (tertiary/aromatic N) is 8. The van der Waals surface area contributed by atoms with Gasteiger partial charge in [-0.25, -0.2) is 28.6 Å². The normalized spacial score (nSPS) is 20.3. The van der Waals surface area contributed by atoms with Crippen LogP contribution in [0.15, 0.2) is 99.6 Å². The maximum atomic E-state index is 12.4. The number of nitrogens with one attached hydrogen (secondary N) is 2. The van der Waals surface area contributed by atoms with Crippen molar-refractivity contribution in [3.05, 3.63) is 139 Å². The molecular formula is C58H75N10O17P. The van der Waals surface area contributed by atoms with E-state index in [2.05, 4.69) is 44.4 Å². The number of benzene rings is 3. The van der Waals surface area contributed by atoms with Gasteiger partial charge in [-0.3, -0.25) is 48.4 Å². The number of anilines is 1. The zero-order chi connectivity index (χ0) is 64.1. The van der Waals surface area contributed by atoms with E-state index in [1.165, 1.54) is 48.1 Å². The van der Waals surface area contributed by atoms with E-state index in [0.29, 0.717) is 36.0 Å². The number of methoxy groups -OCH3 is 1. The maximum Gasteiger partial charge on any atom is 0.466 e. The van der Waals surface area contributed by atoms with Gasteiger partial charge < -0.3 is 53.5 Å². The van der Waals surface area contributed by atoms with Crippen molar-refractivity contribution < 1.29 is 67.6 Å². The molecule has 0 radical (unpaired) electrons. The van der Waals surface area contributed by atoms with Gasteiger partial charge in [-0.2, -0.15) is 0 Å². The number of hydrogen-bond acceptors (Lipinski definition) is 16. The fourth-order valence-corrected chi connectivity index (χ4v) is 11.8. The van der Waals surface area contributed by atoms with E-state index in [0.717, 1.165) is 52.5 Å². The molecular weight excluding hydrogens is 1140 g/mol. The highest BCUT2D eigenvalue weighted by Gasteiger charge is 2.64. The number of carbonyl (C=O) groups excluding carboxylic acids is 4. The number of carboxylic acids is 1. The van der Waals surface area contributed by atoms with Crippen LogP contribution >= 0.6 is 7.82 Å². The molecule has 28 heteroatoms. The van der Waals surface area contributed by atoms with Crippen LogP contribution in [0.25, 0.3) is 16.9 Å². The van der Waals surface area contributed by atoms with Gasteiger partial charge in [0.25, 0.3) is 11.1 Å². The summed E-state index contributed by atoms with van der Waals surface area (Å²) in [6, 6.07) is 19.6. The molecule has 6 aromatic rings. The lowest BCUT2D eigenvalue weighted by Gasteiger charge is -2.56. The van der Waals surface area contributed by atoms with E-state index < -0.39 is 49.1 Å². The Hall–Kier alpha value is -8.46. The number of barbiturate groups is 1. The fraction of sp³-hybridized carbons (Fsp3) is 0.431. The summed E-state index contributed by atoms with van der Waals surface area (Å²) in [7, 11) is 9.72. The second-order valence-electron chi connectivity index (χ2n) is 21.4. The van der Waals surface area contributed by atoms with Crippen LogP contribution in [-0.2, 0) is 59.0 Å². The van der Waals surface area contributed by atoms with E-state index in [-0.39, 0.29) is 45.6 Å². The third-order valence-corrected chi connectivity index (χ3v) is 16.3. The van der Waals surface area contributed by atoms with Gasteiger partial charge in [0.1, 0.15) is 34.6 Å². The number of imidazole rings is 1. The zero-order valence-electron chi connectivity index (χ0n) is 50.2. The summed E-state index contributed by atoms with van der Waals surface area (Å²) < 4.78 is 33.0. The lowest BCUT2D eigenvalue weighted by atomic mass is 9.53. The minimum absolute atomic E-state index is 0.0150. The Bertz CT molecular complexity index is 3770. The van der Waals surface area contributed by atoms with Crippen molar-refractivity contribution in [2.45, 2.75) is 84.0 Å². The van der Waals surface area contributed by atoms with Crippen molar-refractivity contribution >= 4 is 54.5 Å². The molecule has 6 heterocycles. The number of para-hydroxylation sites is 2. The van der Waals surface area contributed by atoms with E-state index in [1.807, 2.05) is 94.0 Å². The number of hydrogen-bond donors (Lipinski definition) is 7. The predicted molar refractivity (Wildman–Crippen MR) is 317 cm³/mol. The Kier molecular flexibility index (Phi) is 20.8. The van der Waals surface area contributed by atoms with Crippen LogP contribution in [0.3, 0.4) is 0 Å². The number of likely N-dealkylation sites (tertiary alicyclic amines) is 1. The monoisotopic (exact) mass is 1210 g/mol. The molecule has 3 aromatic carbocycles. The molecule has 27 nitrogen and oxygen atoms in total. The van der Waals surface area contributed by atoms with Crippen LogP contribution in [0.2, 0.25) is 0 Å². The molecule has 1 spiro atoms. The van der Waals surface area contributed by atoms with Crippen molar-refractivity contribution in [2.75, 3.05) is 39.7 Å². The molecule has 0 saturated carbocycles. The Balaban J connectivity index is 0.000000171. The number of imide groups is 2. The van der Waals surface area contributed by atoms with Crippen LogP contribution < -0.4 is 46.6 Å². The first-order valence-corrected chi connectivity index (χ1v) is 28.9. The number of aromatic carboxylic acids is 1. The second-order valence-corrected chi connectivity index (χ2v) is 22.5. The van der Waals surface area contributed by atoms with E-state index in [9.17, 15) is 43.5 Å². The summed E-state index contributed by atoms with van der Waals surface area (Å²) >= 11 is 0. The number of aliphatic hydroxyl groups excluding tert-OH is 1. The van der Waals surface area contributed by atoms with E-state index in [1.54, 1.807) is 49.5 Å². The summed E-state index contributed by atoms with van der Waals surface area (Å²) in [6.07, 6.45) is 8.16. The van der Waals surface area contributed by atoms with E-state index in [4.69, 9.17) is 33.8 Å². The SMILES string of the molecule is CC(=O)Oc1ccccc1C(=O)O.CCC(C)C1(CC)C(=O)NC(=O)NC1=O.COc1ccc2c3c1O[C@H]1[C@@H](O)C=C[C@H]4[C@@H](C2)N(C)CC[C@@]341.Cc1c(N(C)C)c(=O)n(-c2ccccc2)n1C.Cn1c(=O)c2c(ncn2C)n(C)c1=O.O=P(O)(O)O. The molecule has 2 fully saturated rings. The minimum Gasteiger partial charge on any atom is -0.493 e. The molecule has 86 heavy (non-hydrogen) atoms. The molecule has 11 rings (SSSR count). The zero-order valence-corrected chi connectivity index (χ0v) is 51.1. The molecule has 6 atom stereocenters. The Morgan fingerprint density at radius 2 is 1.48 bits per heavy atom. The number of aliphatic hydroxyl groups is 1. The van der Waals surface area contributed by atoms with Gasteiger partial charge in [0.05, 0.1) is 24.8 Å². The van der Waals surface area contributed by atoms with Crippen molar-refractivity contribution in [3.8, 4) is 22.9 Å². The van der Waals surface area contributed by atoms with Gasteiger partial charge in [-0.1, -0.05) is 75.7 Å². The van der Waals surface area contributed by atoms with Gasteiger partial charge in [-0.05, 0) is 81.6 Å². The number of esters is 1. The second kappa shape index (κ2) is 26.9. The van der Waals surface area contributed by atoms with Crippen LogP contribution in [-0.4, -0.2) is 141 Å². The average Bonchev–Trinajstić information content (AvgIpc) is 1.45. The van der Waals surface area contributed by atoms with Gasteiger partial charge >= 0.3 is 31.5 Å². The van der Waals surface area contributed by atoms with Crippen molar-refractivity contribution in [2.24, 2.45) is 45.4 Å². The van der Waals surface area contributed by atoms with Crippen molar-refractivity contribution in [3.63, 3.8) is 0 Å². The number of aryl methyl sites for hydroxylation is 2. The molecule has 2 bridgehead atoms. The third kappa shape index (κ3) is 13.2. The number of rotatable bonds is 8. The first-order valence-electron chi connectivity index (χ1n) is 27.3. The van der Waals surface area contributed by atoms with Gasteiger partial charge in [0, 0.05) is 72.1 Å². The van der Waals surface area contributed by atoms with Crippen molar-refractivity contribution in [1.29, 1.82) is 0 Å². The molecule has 2 aliphatic carbocycles. The Morgan fingerprint density at radius 3 is 2.02 bits per heavy atom. The van der Waals surface area contributed by atoms with Gasteiger partial charge in [0.2, 0.25) is 11.8 Å². The molecule has 5 aliphatic rings. The molecule has 3 aliphatic heterocycles. The summed E-state index contributed by atoms with van der Waals surface area (Å²) in [5, 5.41) is 23.6. The summed E-state index contributed by atoms with van der Waals surface area (Å²) in [4.78, 5) is 121. The topological polar surface area (TPSA) is 351 Å². The largest absolute Gasteiger partial charge is 0.493 e. The Morgan fingerprint density at radius 1 is 0.872 bits per heavy atom. The van der Waals surface area contributed by atoms with Crippen LogP contribution in [0.5, 0.6) is 17.2 Å². The number of piperidine rings is 1. The highest BCUT2D eigenvalue weighted by Crippen LogP contribution is 2.62. The highest BCUT2D eigenvalue weighted by atomic mass is 31.2. The van der Waals surface area contributed by atoms with Crippen molar-refractivity contribution in [1.82, 2.24) is 43.6 Å². The van der Waals surface area contributed by atoms with Crippen LogP contribution in [0.1, 0.15) is 74.1 Å². The lowest BCUT2D eigenvalue weighted by Crippen LogP contribution is -2.64.